The van der Waals surface area contributed by atoms with Crippen LogP contribution in [0, 0.1) is 16.7 Å². The molecule has 0 heterocycles. The summed E-state index contributed by atoms with van der Waals surface area (Å²) in [7, 11) is 0. The van der Waals surface area contributed by atoms with E-state index in [4.69, 9.17) is 11.1 Å². The maximum absolute atomic E-state index is 7.53. The molecule has 0 amide bonds. The van der Waals surface area contributed by atoms with Crippen LogP contribution in [0.1, 0.15) is 59.8 Å². The molecule has 0 radical (unpaired) electrons. The molecule has 0 unspecified atom stereocenters. The average Bonchev–Trinajstić information content (AvgIpc) is 2.97. The third-order valence-electron chi connectivity index (χ3n) is 4.12. The molecule has 1 aliphatic carbocycles. The van der Waals surface area contributed by atoms with Gasteiger partial charge in [0.25, 0.3) is 0 Å². The van der Waals surface area contributed by atoms with Gasteiger partial charge in [0.2, 0.25) is 0 Å². The van der Waals surface area contributed by atoms with Gasteiger partial charge in [-0.3, -0.25) is 10.3 Å². The van der Waals surface area contributed by atoms with Crippen molar-refractivity contribution in [2.75, 3.05) is 13.1 Å². The predicted molar refractivity (Wildman–Crippen MR) is 79.0 cm³/mol. The summed E-state index contributed by atoms with van der Waals surface area (Å²) in [4.78, 5) is 2.65. The summed E-state index contributed by atoms with van der Waals surface area (Å²) in [6.07, 6.45) is 5.74. The summed E-state index contributed by atoms with van der Waals surface area (Å²) in [5.41, 5.74) is 5.94. The van der Waals surface area contributed by atoms with Gasteiger partial charge in [-0.15, -0.1) is 0 Å². The third kappa shape index (κ3) is 4.60. The lowest BCUT2D eigenvalue weighted by Gasteiger charge is -2.35. The Morgan fingerprint density at radius 3 is 2.17 bits per heavy atom. The molecule has 0 aromatic rings. The first kappa shape index (κ1) is 15.5. The predicted octanol–water partition coefficient (Wildman–Crippen LogP) is 3.24. The van der Waals surface area contributed by atoms with E-state index in [1.165, 1.54) is 32.2 Å². The maximum Gasteiger partial charge on any atom is 0.0911 e. The highest BCUT2D eigenvalue weighted by Crippen LogP contribution is 2.49. The first-order valence-corrected chi connectivity index (χ1v) is 7.49. The van der Waals surface area contributed by atoms with Gasteiger partial charge < -0.3 is 5.73 Å². The van der Waals surface area contributed by atoms with Crippen LogP contribution in [0.15, 0.2) is 0 Å². The number of hydrogen-bond acceptors (Lipinski definition) is 2. The van der Waals surface area contributed by atoms with Gasteiger partial charge in [-0.1, -0.05) is 27.7 Å². The summed E-state index contributed by atoms with van der Waals surface area (Å²) >= 11 is 0. The smallest absolute Gasteiger partial charge is 0.0911 e. The molecule has 106 valence electrons. The molecule has 1 rings (SSSR count). The topological polar surface area (TPSA) is 53.1 Å². The molecule has 0 bridgehead atoms. The second-order valence-electron chi connectivity index (χ2n) is 6.50. The third-order valence-corrected chi connectivity index (χ3v) is 4.12. The first-order valence-electron chi connectivity index (χ1n) is 7.49. The van der Waals surface area contributed by atoms with Crippen molar-refractivity contribution in [1.82, 2.24) is 4.90 Å². The zero-order chi connectivity index (χ0) is 13.8. The molecule has 0 aromatic carbocycles. The molecule has 0 aliphatic heterocycles. The summed E-state index contributed by atoms with van der Waals surface area (Å²) < 4.78 is 0. The van der Waals surface area contributed by atoms with Crippen LogP contribution in [0.25, 0.3) is 0 Å². The molecular formula is C15H31N3. The fourth-order valence-electron chi connectivity index (χ4n) is 3.02. The van der Waals surface area contributed by atoms with Gasteiger partial charge in [0, 0.05) is 25.6 Å². The lowest BCUT2D eigenvalue weighted by atomic mass is 9.98. The summed E-state index contributed by atoms with van der Waals surface area (Å²) in [5.74, 6) is 1.07. The highest BCUT2D eigenvalue weighted by atomic mass is 15.2. The van der Waals surface area contributed by atoms with E-state index in [1.54, 1.807) is 0 Å². The summed E-state index contributed by atoms with van der Waals surface area (Å²) in [5, 5.41) is 7.53. The Morgan fingerprint density at radius 2 is 1.83 bits per heavy atom. The summed E-state index contributed by atoms with van der Waals surface area (Å²) in [6, 6.07) is 0.692. The maximum atomic E-state index is 7.53. The molecule has 1 aliphatic rings. The standard InChI is InChI=1S/C15H31N3/c1-5-13(6-2)18(10-12(3)4)11-15(7-8-15)9-14(16)17/h12-13H,5-11H2,1-4H3,(H3,16,17). The highest BCUT2D eigenvalue weighted by Gasteiger charge is 2.44. The van der Waals surface area contributed by atoms with E-state index in [0.717, 1.165) is 13.0 Å². The van der Waals surface area contributed by atoms with Gasteiger partial charge in [0.15, 0.2) is 0 Å². The molecule has 1 saturated carbocycles. The van der Waals surface area contributed by atoms with Crippen LogP contribution in [0.5, 0.6) is 0 Å². The second kappa shape index (κ2) is 6.55. The molecular weight excluding hydrogens is 222 g/mol. The average molecular weight is 253 g/mol. The number of amidine groups is 1. The van der Waals surface area contributed by atoms with Crippen molar-refractivity contribution in [3.63, 3.8) is 0 Å². The van der Waals surface area contributed by atoms with Gasteiger partial charge in [-0.2, -0.15) is 0 Å². The van der Waals surface area contributed by atoms with Crippen LogP contribution in [0.3, 0.4) is 0 Å². The number of nitrogens with two attached hydrogens (primary N) is 1. The van der Waals surface area contributed by atoms with E-state index in [1.807, 2.05) is 0 Å². The normalized spacial score (nSPS) is 17.7. The Morgan fingerprint density at radius 1 is 1.28 bits per heavy atom. The van der Waals surface area contributed by atoms with Crippen molar-refractivity contribution in [2.24, 2.45) is 17.1 Å². The minimum atomic E-state index is 0.337. The van der Waals surface area contributed by atoms with E-state index >= 15 is 0 Å². The van der Waals surface area contributed by atoms with Crippen molar-refractivity contribution in [3.8, 4) is 0 Å². The molecule has 3 N–H and O–H groups in total. The Labute approximate surface area is 113 Å². The fourth-order valence-corrected chi connectivity index (χ4v) is 3.02. The van der Waals surface area contributed by atoms with Crippen molar-refractivity contribution in [1.29, 1.82) is 5.41 Å². The molecule has 0 saturated heterocycles. The molecule has 1 fully saturated rings. The van der Waals surface area contributed by atoms with Crippen LogP contribution < -0.4 is 5.73 Å². The number of nitrogens with zero attached hydrogens (tertiary/aromatic N) is 1. The SMILES string of the molecule is CCC(CC)N(CC(C)C)CC1(CC(=N)N)CC1. The van der Waals surface area contributed by atoms with E-state index in [-0.39, 0.29) is 0 Å². The number of nitrogens with one attached hydrogen (secondary N) is 1. The fraction of sp³-hybridized carbons (Fsp3) is 0.933. The number of rotatable bonds is 9. The first-order chi connectivity index (χ1) is 8.42. The largest absolute Gasteiger partial charge is 0.388 e. The molecule has 0 aromatic heterocycles. The lowest BCUT2D eigenvalue weighted by Crippen LogP contribution is -2.42. The van der Waals surface area contributed by atoms with Crippen LogP contribution in [-0.4, -0.2) is 29.9 Å². The molecule has 0 atom stereocenters. The molecule has 3 heteroatoms. The van der Waals surface area contributed by atoms with Gasteiger partial charge in [0.1, 0.15) is 0 Å². The lowest BCUT2D eigenvalue weighted by molar-refractivity contribution is 0.134. The number of hydrogen-bond donors (Lipinski definition) is 2. The highest BCUT2D eigenvalue weighted by molar-refractivity contribution is 5.78. The molecule has 18 heavy (non-hydrogen) atoms. The summed E-state index contributed by atoms with van der Waals surface area (Å²) in [6.45, 7) is 11.5. The van der Waals surface area contributed by atoms with Crippen molar-refractivity contribution in [3.05, 3.63) is 0 Å². The zero-order valence-electron chi connectivity index (χ0n) is 12.6. The van der Waals surface area contributed by atoms with Crippen molar-refractivity contribution >= 4 is 5.84 Å². The van der Waals surface area contributed by atoms with Crippen LogP contribution in [0.4, 0.5) is 0 Å². The van der Waals surface area contributed by atoms with E-state index < -0.39 is 0 Å². The van der Waals surface area contributed by atoms with Crippen molar-refractivity contribution in [2.45, 2.75) is 65.8 Å². The van der Waals surface area contributed by atoms with Gasteiger partial charge in [-0.05, 0) is 37.0 Å². The zero-order valence-corrected chi connectivity index (χ0v) is 12.6. The van der Waals surface area contributed by atoms with Crippen LogP contribution in [-0.2, 0) is 0 Å². The van der Waals surface area contributed by atoms with Gasteiger partial charge in [-0.25, -0.2) is 0 Å². The molecule has 3 nitrogen and oxygen atoms in total. The minimum Gasteiger partial charge on any atom is -0.388 e. The van der Waals surface area contributed by atoms with E-state index in [2.05, 4.69) is 32.6 Å². The quantitative estimate of drug-likeness (QED) is 0.489. The van der Waals surface area contributed by atoms with Crippen molar-refractivity contribution < 1.29 is 0 Å². The van der Waals surface area contributed by atoms with Gasteiger partial charge >= 0.3 is 0 Å². The van der Waals surface area contributed by atoms with Gasteiger partial charge in [0.05, 0.1) is 5.84 Å². The second-order valence-corrected chi connectivity index (χ2v) is 6.50. The minimum absolute atomic E-state index is 0.337. The molecule has 0 spiro atoms. The Balaban J connectivity index is 2.63. The van der Waals surface area contributed by atoms with E-state index in [9.17, 15) is 0 Å². The van der Waals surface area contributed by atoms with Crippen LogP contribution in [0.2, 0.25) is 0 Å². The Bertz CT molecular complexity index is 265. The monoisotopic (exact) mass is 253 g/mol. The van der Waals surface area contributed by atoms with E-state index in [0.29, 0.717) is 23.2 Å². The Kier molecular flexibility index (Phi) is 5.64. The Hall–Kier alpha value is -0.570. The van der Waals surface area contributed by atoms with Crippen LogP contribution >= 0.6 is 0 Å².